The number of hydrogen-bond acceptors (Lipinski definition) is 2. The highest BCUT2D eigenvalue weighted by Gasteiger charge is 1.67. The Hall–Kier alpha value is -4.24. The van der Waals surface area contributed by atoms with Crippen LogP contribution in [0.15, 0.2) is 202 Å². The van der Waals surface area contributed by atoms with E-state index < -0.39 is 0 Å². The predicted molar refractivity (Wildman–Crippen MR) is 273 cm³/mol. The van der Waals surface area contributed by atoms with Crippen molar-refractivity contribution in [1.82, 2.24) is 0 Å². The molecule has 0 atom stereocenters. The summed E-state index contributed by atoms with van der Waals surface area (Å²) in [6.45, 7) is 84.6. The normalized spacial score (nSPS) is 4.72. The van der Waals surface area contributed by atoms with E-state index in [0.29, 0.717) is 6.61 Å². The molecule has 0 fully saturated rings. The molecule has 0 aliphatic heterocycles. The molecule has 0 saturated carbocycles. The number of rotatable bonds is 2. The van der Waals surface area contributed by atoms with Crippen molar-refractivity contribution >= 4 is 0 Å². The van der Waals surface area contributed by atoms with Crippen LogP contribution in [0.3, 0.4) is 0 Å². The third kappa shape index (κ3) is 19900. The summed E-state index contributed by atoms with van der Waals surface area (Å²) >= 11 is 0. The minimum Gasteiger partial charge on any atom is -0.394 e. The van der Waals surface area contributed by atoms with Gasteiger partial charge in [-0.15, -0.1) is 105 Å². The number of aliphatic hydroxyl groups is 1. The fourth-order valence-electron chi connectivity index (χ4n) is 0.0913. The van der Waals surface area contributed by atoms with Crippen molar-refractivity contribution in [3.63, 3.8) is 0 Å². The van der Waals surface area contributed by atoms with Crippen LogP contribution < -0.4 is 0 Å². The Morgan fingerprint density at radius 2 is 0.321 bits per heavy atom. The van der Waals surface area contributed by atoms with Crippen molar-refractivity contribution in [2.24, 2.45) is 0 Å². The first-order valence-electron chi connectivity index (χ1n) is 17.3. The highest BCUT2D eigenvalue weighted by Crippen LogP contribution is 1.56. The van der Waals surface area contributed by atoms with Crippen molar-refractivity contribution in [3.8, 4) is 0 Å². The first-order chi connectivity index (χ1) is 25.0. The number of allylic oxidation sites excluding steroid dienone is 16. The Kier molecular flexibility index (Phi) is 997. The molecule has 0 unspecified atom stereocenters. The molecule has 0 radical (unpaired) electrons. The van der Waals surface area contributed by atoms with Gasteiger partial charge in [-0.2, -0.15) is 0 Å². The van der Waals surface area contributed by atoms with Crippen LogP contribution in [0.4, 0.5) is 0 Å². The minimum absolute atomic E-state index is 0.122. The lowest BCUT2D eigenvalue weighted by Crippen LogP contribution is -1.91. The van der Waals surface area contributed by atoms with Gasteiger partial charge in [-0.3, -0.25) is 0 Å². The highest BCUT2D eigenvalue weighted by molar-refractivity contribution is 4.55. The van der Waals surface area contributed by atoms with E-state index >= 15 is 0 Å². The number of aliphatic hydroxyl groups excluding tert-OH is 1. The molecule has 0 aromatic carbocycles. The maximum Gasteiger partial charge on any atom is 0.0693 e. The quantitative estimate of drug-likeness (QED) is 0.285. The lowest BCUT2D eigenvalue weighted by atomic mass is 10.8. The Bertz CT molecular complexity index is 365. The standard InChI is InChI=1S/C3H8O2.16C3H6/c1-5-3-2-4;16*1-3-2/h4H,2-3H2,1H3;16*3H,1H2,2H3. The number of methoxy groups -OCH3 is 1. The zero-order valence-corrected chi connectivity index (χ0v) is 39.8. The second-order valence-corrected chi connectivity index (χ2v) is 7.25. The van der Waals surface area contributed by atoms with Crippen LogP contribution in [-0.2, 0) is 4.74 Å². The van der Waals surface area contributed by atoms with Crippen molar-refractivity contribution in [1.29, 1.82) is 0 Å². The highest BCUT2D eigenvalue weighted by atomic mass is 16.5. The van der Waals surface area contributed by atoms with E-state index in [1.807, 2.05) is 111 Å². The minimum atomic E-state index is 0.122. The molecular weight excluding hydrogens is 645 g/mol. The van der Waals surface area contributed by atoms with Gasteiger partial charge in [-0.1, -0.05) is 97.2 Å². The topological polar surface area (TPSA) is 29.5 Å². The van der Waals surface area contributed by atoms with Gasteiger partial charge in [0.1, 0.15) is 0 Å². The molecule has 0 spiro atoms. The first kappa shape index (κ1) is 110. The zero-order chi connectivity index (χ0) is 47.4. The van der Waals surface area contributed by atoms with Gasteiger partial charge >= 0.3 is 0 Å². The fourth-order valence-corrected chi connectivity index (χ4v) is 0.0913. The second-order valence-electron chi connectivity index (χ2n) is 7.25. The molecule has 0 heterocycles. The Balaban J connectivity index is -0.0000000174. The van der Waals surface area contributed by atoms with Crippen molar-refractivity contribution in [3.05, 3.63) is 202 Å². The van der Waals surface area contributed by atoms with Crippen LogP contribution in [0.25, 0.3) is 0 Å². The maximum atomic E-state index is 7.94. The predicted octanol–water partition coefficient (Wildman–Crippen LogP) is 18.7. The van der Waals surface area contributed by atoms with Crippen molar-refractivity contribution < 1.29 is 9.84 Å². The van der Waals surface area contributed by atoms with E-state index in [4.69, 9.17) is 5.11 Å². The number of hydrogen-bond donors (Lipinski definition) is 1. The van der Waals surface area contributed by atoms with Crippen LogP contribution in [-0.4, -0.2) is 25.4 Å². The molecule has 0 bridgehead atoms. The average molecular weight is 749 g/mol. The SMILES string of the molecule is C=CC.C=CC.C=CC.C=CC.C=CC.C=CC.C=CC.C=CC.C=CC.C=CC.C=CC.C=CC.C=CC.C=CC.C=CC.C=CC.COCCO. The molecule has 0 rings (SSSR count). The molecule has 0 aromatic heterocycles. The fraction of sp³-hybridized carbons (Fsp3) is 0.373. The molecule has 0 aliphatic rings. The van der Waals surface area contributed by atoms with Gasteiger partial charge in [0.05, 0.1) is 13.2 Å². The summed E-state index contributed by atoms with van der Waals surface area (Å²) in [7, 11) is 1.55. The molecule has 320 valence electrons. The number of ether oxygens (including phenoxy) is 1. The third-order valence-corrected chi connectivity index (χ3v) is 0.295. The van der Waals surface area contributed by atoms with Gasteiger partial charge < -0.3 is 9.84 Å². The third-order valence-electron chi connectivity index (χ3n) is 0.295. The van der Waals surface area contributed by atoms with E-state index in [-0.39, 0.29) is 6.61 Å². The van der Waals surface area contributed by atoms with E-state index in [0.717, 1.165) is 0 Å². The van der Waals surface area contributed by atoms with Crippen LogP contribution in [0.5, 0.6) is 0 Å². The van der Waals surface area contributed by atoms with E-state index in [1.165, 1.54) is 0 Å². The summed E-state index contributed by atoms with van der Waals surface area (Å²) in [5.74, 6) is 0. The molecule has 53 heavy (non-hydrogen) atoms. The average Bonchev–Trinajstić information content (AvgIpc) is 3.04. The van der Waals surface area contributed by atoms with Crippen LogP contribution in [0.2, 0.25) is 0 Å². The molecule has 0 aliphatic carbocycles. The van der Waals surface area contributed by atoms with Gasteiger partial charge in [0, 0.05) is 7.11 Å². The van der Waals surface area contributed by atoms with Gasteiger partial charge in [0.25, 0.3) is 0 Å². The Morgan fingerprint density at radius 1 is 0.264 bits per heavy atom. The van der Waals surface area contributed by atoms with Gasteiger partial charge in [-0.05, 0) is 111 Å². The molecule has 1 N–H and O–H groups in total. The molecule has 0 aromatic rings. The molecule has 0 amide bonds. The maximum absolute atomic E-state index is 7.94. The van der Waals surface area contributed by atoms with Crippen molar-refractivity contribution in [2.75, 3.05) is 20.3 Å². The monoisotopic (exact) mass is 749 g/mol. The lowest BCUT2D eigenvalue weighted by Gasteiger charge is -1.84. The van der Waals surface area contributed by atoms with E-state index in [9.17, 15) is 0 Å². The molecule has 2 nitrogen and oxygen atoms in total. The molecular formula is C51H104O2. The van der Waals surface area contributed by atoms with E-state index in [1.54, 1.807) is 104 Å². The van der Waals surface area contributed by atoms with Crippen LogP contribution in [0.1, 0.15) is 111 Å². The molecule has 2 heteroatoms. The summed E-state index contributed by atoms with van der Waals surface area (Å²) in [6, 6.07) is 0. The first-order valence-corrected chi connectivity index (χ1v) is 17.3. The summed E-state index contributed by atoms with van der Waals surface area (Å²) < 4.78 is 4.44. The summed E-state index contributed by atoms with van der Waals surface area (Å²) in [6.07, 6.45) is 28.0. The smallest absolute Gasteiger partial charge is 0.0693 e. The summed E-state index contributed by atoms with van der Waals surface area (Å²) in [4.78, 5) is 0. The summed E-state index contributed by atoms with van der Waals surface area (Å²) in [5, 5.41) is 7.94. The van der Waals surface area contributed by atoms with Gasteiger partial charge in [0.2, 0.25) is 0 Å². The van der Waals surface area contributed by atoms with E-state index in [2.05, 4.69) is 110 Å². The molecule has 0 saturated heterocycles. The largest absolute Gasteiger partial charge is 0.394 e. The van der Waals surface area contributed by atoms with Gasteiger partial charge in [0.15, 0.2) is 0 Å². The summed E-state index contributed by atoms with van der Waals surface area (Å²) in [5.41, 5.74) is 0. The van der Waals surface area contributed by atoms with Gasteiger partial charge in [-0.25, -0.2) is 0 Å². The van der Waals surface area contributed by atoms with Crippen LogP contribution in [0, 0.1) is 0 Å². The zero-order valence-electron chi connectivity index (χ0n) is 39.8. The Labute approximate surface area is 342 Å². The van der Waals surface area contributed by atoms with Crippen LogP contribution >= 0.6 is 0 Å². The van der Waals surface area contributed by atoms with Crippen molar-refractivity contribution in [2.45, 2.75) is 111 Å². The second kappa shape index (κ2) is 479. The lowest BCUT2D eigenvalue weighted by molar-refractivity contribution is 0.135. The Morgan fingerprint density at radius 3 is 0.321 bits per heavy atom.